The van der Waals surface area contributed by atoms with Crippen LogP contribution < -0.4 is 5.43 Å². The van der Waals surface area contributed by atoms with E-state index in [2.05, 4.69) is 36.0 Å². The Bertz CT molecular complexity index is 1030. The Balaban J connectivity index is 1.87. The standard InChI is InChI=1S/C19H21FN4O2/c1-19(2,3)15-8-11(22-23-15)10-24(4)18(26)13-9-21-16-12(17(13)25)6-5-7-14(16)20/h5-9H,10H2,1-4H3,(H,21,25)(H,22,23). The van der Waals surface area contributed by atoms with Crippen LogP contribution in [-0.4, -0.2) is 33.0 Å². The van der Waals surface area contributed by atoms with Gasteiger partial charge in [-0.15, -0.1) is 0 Å². The van der Waals surface area contributed by atoms with Gasteiger partial charge in [-0.3, -0.25) is 14.7 Å². The van der Waals surface area contributed by atoms with Crippen molar-refractivity contribution in [3.63, 3.8) is 0 Å². The molecule has 1 aromatic carbocycles. The molecule has 3 rings (SSSR count). The minimum Gasteiger partial charge on any atom is -0.358 e. The molecule has 1 amide bonds. The summed E-state index contributed by atoms with van der Waals surface area (Å²) < 4.78 is 13.8. The SMILES string of the molecule is CN(Cc1cc(C(C)(C)C)n[nH]1)C(=O)c1c[nH]c2c(F)cccc2c1=O. The molecule has 0 spiro atoms. The molecule has 0 unspecified atom stereocenters. The second kappa shape index (κ2) is 6.40. The number of aromatic amines is 2. The van der Waals surface area contributed by atoms with Crippen molar-refractivity contribution in [1.29, 1.82) is 0 Å². The van der Waals surface area contributed by atoms with E-state index in [0.717, 1.165) is 11.4 Å². The van der Waals surface area contributed by atoms with Gasteiger partial charge in [0.15, 0.2) is 0 Å². The first kappa shape index (κ1) is 17.8. The Kier molecular flexibility index (Phi) is 4.39. The Morgan fingerprint density at radius 1 is 1.31 bits per heavy atom. The topological polar surface area (TPSA) is 81.8 Å². The van der Waals surface area contributed by atoms with Crippen LogP contribution in [0.25, 0.3) is 10.9 Å². The summed E-state index contributed by atoms with van der Waals surface area (Å²) in [5.74, 6) is -0.969. The lowest BCUT2D eigenvalue weighted by Gasteiger charge is -2.16. The Hall–Kier alpha value is -2.96. The number of hydrogen-bond acceptors (Lipinski definition) is 3. The maximum absolute atomic E-state index is 13.8. The molecule has 0 aliphatic rings. The van der Waals surface area contributed by atoms with Crippen molar-refractivity contribution < 1.29 is 9.18 Å². The molecule has 0 bridgehead atoms. The zero-order valence-electron chi connectivity index (χ0n) is 15.2. The van der Waals surface area contributed by atoms with Gasteiger partial charge in [0.2, 0.25) is 5.43 Å². The third-order valence-corrected chi connectivity index (χ3v) is 4.25. The van der Waals surface area contributed by atoms with E-state index in [4.69, 9.17) is 0 Å². The van der Waals surface area contributed by atoms with E-state index in [0.29, 0.717) is 0 Å². The van der Waals surface area contributed by atoms with Gasteiger partial charge < -0.3 is 9.88 Å². The fourth-order valence-electron chi connectivity index (χ4n) is 2.73. The monoisotopic (exact) mass is 356 g/mol. The van der Waals surface area contributed by atoms with Crippen molar-refractivity contribution in [2.24, 2.45) is 0 Å². The summed E-state index contributed by atoms with van der Waals surface area (Å²) in [6.45, 7) is 6.43. The van der Waals surface area contributed by atoms with Crippen LogP contribution >= 0.6 is 0 Å². The molecule has 2 heterocycles. The molecule has 0 radical (unpaired) electrons. The molecule has 6 nitrogen and oxygen atoms in total. The average Bonchev–Trinajstić information content (AvgIpc) is 3.04. The Morgan fingerprint density at radius 2 is 2.04 bits per heavy atom. The number of para-hydroxylation sites is 1. The predicted octanol–water partition coefficient (Wildman–Crippen LogP) is 2.96. The van der Waals surface area contributed by atoms with Crippen LogP contribution in [0.2, 0.25) is 0 Å². The number of fused-ring (bicyclic) bond motifs is 1. The van der Waals surface area contributed by atoms with Crippen LogP contribution in [0.4, 0.5) is 4.39 Å². The van der Waals surface area contributed by atoms with Crippen molar-refractivity contribution >= 4 is 16.8 Å². The summed E-state index contributed by atoms with van der Waals surface area (Å²) in [5, 5.41) is 7.34. The Labute approximate surface area is 150 Å². The lowest BCUT2D eigenvalue weighted by Crippen LogP contribution is -2.31. The van der Waals surface area contributed by atoms with Gasteiger partial charge in [-0.1, -0.05) is 26.8 Å². The van der Waals surface area contributed by atoms with Crippen molar-refractivity contribution in [3.05, 3.63) is 63.5 Å². The first-order valence-corrected chi connectivity index (χ1v) is 8.28. The highest BCUT2D eigenvalue weighted by atomic mass is 19.1. The number of carbonyl (C=O) groups excluding carboxylic acids is 1. The van der Waals surface area contributed by atoms with Gasteiger partial charge in [0.05, 0.1) is 23.4 Å². The van der Waals surface area contributed by atoms with Crippen LogP contribution in [0.15, 0.2) is 35.3 Å². The van der Waals surface area contributed by atoms with Gasteiger partial charge in [-0.05, 0) is 18.2 Å². The highest BCUT2D eigenvalue weighted by Gasteiger charge is 2.21. The molecular formula is C19H21FN4O2. The number of aromatic nitrogens is 3. The molecule has 0 aliphatic heterocycles. The van der Waals surface area contributed by atoms with Gasteiger partial charge in [0, 0.05) is 24.0 Å². The molecule has 0 saturated carbocycles. The maximum Gasteiger partial charge on any atom is 0.259 e. The predicted molar refractivity (Wildman–Crippen MR) is 97.6 cm³/mol. The zero-order valence-corrected chi connectivity index (χ0v) is 15.2. The summed E-state index contributed by atoms with van der Waals surface area (Å²) in [6.07, 6.45) is 1.26. The fourth-order valence-corrected chi connectivity index (χ4v) is 2.73. The lowest BCUT2D eigenvalue weighted by atomic mass is 9.92. The number of carbonyl (C=O) groups is 1. The van der Waals surface area contributed by atoms with Crippen molar-refractivity contribution in [2.45, 2.75) is 32.7 Å². The van der Waals surface area contributed by atoms with Crippen LogP contribution in [0.3, 0.4) is 0 Å². The minimum atomic E-state index is -0.529. The maximum atomic E-state index is 13.8. The van der Waals surface area contributed by atoms with E-state index in [9.17, 15) is 14.0 Å². The second-order valence-corrected chi connectivity index (χ2v) is 7.38. The van der Waals surface area contributed by atoms with Gasteiger partial charge in [0.1, 0.15) is 11.4 Å². The first-order chi connectivity index (χ1) is 12.2. The van der Waals surface area contributed by atoms with Gasteiger partial charge in [0.25, 0.3) is 5.91 Å². The summed E-state index contributed by atoms with van der Waals surface area (Å²) in [7, 11) is 1.61. The molecule has 7 heteroatoms. The number of H-pyrrole nitrogens is 2. The lowest BCUT2D eigenvalue weighted by molar-refractivity contribution is 0.0782. The van der Waals surface area contributed by atoms with Crippen LogP contribution in [0.5, 0.6) is 0 Å². The molecule has 0 saturated heterocycles. The minimum absolute atomic E-state index is 0.0267. The third-order valence-electron chi connectivity index (χ3n) is 4.25. The van der Waals surface area contributed by atoms with Crippen LogP contribution in [-0.2, 0) is 12.0 Å². The number of benzene rings is 1. The van der Waals surface area contributed by atoms with E-state index < -0.39 is 17.2 Å². The molecule has 136 valence electrons. The second-order valence-electron chi connectivity index (χ2n) is 7.38. The zero-order chi connectivity index (χ0) is 19.1. The number of hydrogen-bond donors (Lipinski definition) is 2. The molecule has 3 aromatic rings. The average molecular weight is 356 g/mol. The molecule has 2 aromatic heterocycles. The van der Waals surface area contributed by atoms with Crippen LogP contribution in [0, 0.1) is 5.82 Å². The number of amides is 1. The fraction of sp³-hybridized carbons (Fsp3) is 0.316. The molecule has 2 N–H and O–H groups in total. The van der Waals surface area contributed by atoms with Crippen molar-refractivity contribution in [2.75, 3.05) is 7.05 Å². The molecule has 0 fully saturated rings. The van der Waals surface area contributed by atoms with Gasteiger partial charge in [-0.25, -0.2) is 4.39 Å². The van der Waals surface area contributed by atoms with Crippen molar-refractivity contribution in [3.8, 4) is 0 Å². The summed E-state index contributed by atoms with van der Waals surface area (Å²) in [5.41, 5.74) is 1.15. The smallest absolute Gasteiger partial charge is 0.259 e. The molecule has 0 aliphatic carbocycles. The quantitative estimate of drug-likeness (QED) is 0.757. The van der Waals surface area contributed by atoms with E-state index in [1.165, 1.54) is 29.3 Å². The molecule has 0 atom stereocenters. The highest BCUT2D eigenvalue weighted by Crippen LogP contribution is 2.21. The normalized spacial score (nSPS) is 11.7. The Morgan fingerprint density at radius 3 is 2.69 bits per heavy atom. The molecular weight excluding hydrogens is 335 g/mol. The summed E-state index contributed by atoms with van der Waals surface area (Å²) in [4.78, 5) is 29.4. The van der Waals surface area contributed by atoms with E-state index in [1.54, 1.807) is 7.05 Å². The largest absolute Gasteiger partial charge is 0.358 e. The van der Waals surface area contributed by atoms with Gasteiger partial charge in [-0.2, -0.15) is 5.10 Å². The third kappa shape index (κ3) is 3.24. The van der Waals surface area contributed by atoms with E-state index in [1.807, 2.05) is 6.07 Å². The number of nitrogens with one attached hydrogen (secondary N) is 2. The number of rotatable bonds is 3. The first-order valence-electron chi connectivity index (χ1n) is 8.28. The number of nitrogens with zero attached hydrogens (tertiary/aromatic N) is 2. The summed E-state index contributed by atoms with van der Waals surface area (Å²) >= 11 is 0. The van der Waals surface area contributed by atoms with Gasteiger partial charge >= 0.3 is 0 Å². The van der Waals surface area contributed by atoms with E-state index in [-0.39, 0.29) is 28.4 Å². The number of halogens is 1. The highest BCUT2D eigenvalue weighted by molar-refractivity contribution is 5.97. The van der Waals surface area contributed by atoms with E-state index >= 15 is 0 Å². The summed E-state index contributed by atoms with van der Waals surface area (Å²) in [6, 6.07) is 6.11. The van der Waals surface area contributed by atoms with Crippen molar-refractivity contribution in [1.82, 2.24) is 20.1 Å². The molecule has 26 heavy (non-hydrogen) atoms. The van der Waals surface area contributed by atoms with Crippen LogP contribution in [0.1, 0.15) is 42.5 Å². The number of pyridine rings is 1.